The molecule has 0 unspecified atom stereocenters. The van der Waals surface area contributed by atoms with Crippen LogP contribution in [0.15, 0.2) is 24.3 Å². The maximum atomic E-state index is 11.4. The summed E-state index contributed by atoms with van der Waals surface area (Å²) >= 11 is 0. The summed E-state index contributed by atoms with van der Waals surface area (Å²) in [5.74, 6) is 1.66. The minimum absolute atomic E-state index is 0.243. The minimum atomic E-state index is 0.243. The van der Waals surface area contributed by atoms with Crippen molar-refractivity contribution >= 4 is 5.78 Å². The first-order valence-corrected chi connectivity index (χ1v) is 7.66. The van der Waals surface area contributed by atoms with Gasteiger partial charge in [0.25, 0.3) is 0 Å². The van der Waals surface area contributed by atoms with Crippen LogP contribution in [0, 0.1) is 22.7 Å². The van der Waals surface area contributed by atoms with Crippen molar-refractivity contribution in [1.82, 2.24) is 0 Å². The molecular formula is C18H28O. The van der Waals surface area contributed by atoms with Gasteiger partial charge in [-0.15, -0.1) is 0 Å². The minimum Gasteiger partial charge on any atom is -0.300 e. The molecule has 0 radical (unpaired) electrons. The molecule has 0 saturated heterocycles. The van der Waals surface area contributed by atoms with Gasteiger partial charge in [-0.3, -0.25) is 0 Å². The SMILES string of the molecule is C=C1C=CC[C@H]2[C@@](C)(CCC(C)=O)[C@H](C)CC[C@@]12C. The van der Waals surface area contributed by atoms with E-state index in [4.69, 9.17) is 0 Å². The van der Waals surface area contributed by atoms with Crippen LogP contribution in [0.2, 0.25) is 0 Å². The molecule has 0 aromatic heterocycles. The molecule has 19 heavy (non-hydrogen) atoms. The molecule has 2 rings (SSSR count). The summed E-state index contributed by atoms with van der Waals surface area (Å²) in [6.45, 7) is 13.2. The molecule has 0 heterocycles. The fraction of sp³-hybridized carbons (Fsp3) is 0.722. The second kappa shape index (κ2) is 4.92. The van der Waals surface area contributed by atoms with Crippen molar-refractivity contribution in [3.05, 3.63) is 24.3 Å². The molecule has 0 aliphatic heterocycles. The third-order valence-corrected chi connectivity index (χ3v) is 6.23. The highest BCUT2D eigenvalue weighted by atomic mass is 16.1. The van der Waals surface area contributed by atoms with Crippen LogP contribution >= 0.6 is 0 Å². The molecule has 0 aromatic carbocycles. The number of hydrogen-bond acceptors (Lipinski definition) is 1. The predicted octanol–water partition coefficient (Wildman–Crippen LogP) is 4.93. The summed E-state index contributed by atoms with van der Waals surface area (Å²) in [7, 11) is 0. The van der Waals surface area contributed by atoms with Gasteiger partial charge in [-0.25, -0.2) is 0 Å². The number of carbonyl (C=O) groups excluding carboxylic acids is 1. The summed E-state index contributed by atoms with van der Waals surface area (Å²) in [5.41, 5.74) is 1.81. The monoisotopic (exact) mass is 260 g/mol. The highest BCUT2D eigenvalue weighted by Crippen LogP contribution is 2.61. The van der Waals surface area contributed by atoms with Crippen LogP contribution in [0.5, 0.6) is 0 Å². The van der Waals surface area contributed by atoms with Crippen molar-refractivity contribution in [1.29, 1.82) is 0 Å². The second-order valence-corrected chi connectivity index (χ2v) is 7.28. The van der Waals surface area contributed by atoms with E-state index >= 15 is 0 Å². The summed E-state index contributed by atoms with van der Waals surface area (Å²) < 4.78 is 0. The number of Topliss-reactive ketones (excluding diaryl/α,β-unsaturated/α-hetero) is 1. The van der Waals surface area contributed by atoms with E-state index in [2.05, 4.69) is 39.5 Å². The number of hydrogen-bond donors (Lipinski definition) is 0. The lowest BCUT2D eigenvalue weighted by Gasteiger charge is -2.57. The van der Waals surface area contributed by atoms with Crippen molar-refractivity contribution in [3.8, 4) is 0 Å². The van der Waals surface area contributed by atoms with Crippen LogP contribution in [0.25, 0.3) is 0 Å². The topological polar surface area (TPSA) is 17.1 Å². The van der Waals surface area contributed by atoms with E-state index in [1.807, 2.05) is 0 Å². The van der Waals surface area contributed by atoms with Crippen LogP contribution in [0.1, 0.15) is 59.8 Å². The van der Waals surface area contributed by atoms with E-state index in [0.717, 1.165) is 19.3 Å². The third kappa shape index (κ3) is 2.32. The van der Waals surface area contributed by atoms with Gasteiger partial charge in [-0.2, -0.15) is 0 Å². The van der Waals surface area contributed by atoms with E-state index in [-0.39, 0.29) is 10.8 Å². The van der Waals surface area contributed by atoms with Gasteiger partial charge in [0.05, 0.1) is 0 Å². The Kier molecular flexibility index (Phi) is 3.77. The Morgan fingerprint density at radius 2 is 2.16 bits per heavy atom. The number of allylic oxidation sites excluding steroid dienone is 3. The Hall–Kier alpha value is -0.850. The molecule has 0 bridgehead atoms. The van der Waals surface area contributed by atoms with Crippen molar-refractivity contribution in [2.45, 2.75) is 59.8 Å². The molecule has 0 aromatic rings. The largest absolute Gasteiger partial charge is 0.300 e. The summed E-state index contributed by atoms with van der Waals surface area (Å²) in [6.07, 6.45) is 9.92. The summed E-state index contributed by atoms with van der Waals surface area (Å²) in [4.78, 5) is 11.4. The highest BCUT2D eigenvalue weighted by Gasteiger charge is 2.52. The normalized spacial score (nSPS) is 42.0. The zero-order valence-corrected chi connectivity index (χ0v) is 13.0. The van der Waals surface area contributed by atoms with E-state index in [0.29, 0.717) is 17.6 Å². The fourth-order valence-electron chi connectivity index (χ4n) is 4.41. The van der Waals surface area contributed by atoms with Crippen molar-refractivity contribution < 1.29 is 4.79 Å². The smallest absolute Gasteiger partial charge is 0.129 e. The van der Waals surface area contributed by atoms with Crippen molar-refractivity contribution in [2.75, 3.05) is 0 Å². The van der Waals surface area contributed by atoms with Gasteiger partial charge in [-0.05, 0) is 60.8 Å². The van der Waals surface area contributed by atoms with Crippen LogP contribution in [-0.4, -0.2) is 5.78 Å². The first-order valence-electron chi connectivity index (χ1n) is 7.66. The Balaban J connectivity index is 2.32. The number of ketones is 1. The molecule has 1 saturated carbocycles. The van der Waals surface area contributed by atoms with Crippen LogP contribution in [0.4, 0.5) is 0 Å². The lowest BCUT2D eigenvalue weighted by Crippen LogP contribution is -2.49. The molecule has 1 nitrogen and oxygen atoms in total. The Morgan fingerprint density at radius 1 is 1.47 bits per heavy atom. The molecule has 0 amide bonds. The van der Waals surface area contributed by atoms with E-state index in [1.165, 1.54) is 18.4 Å². The zero-order chi connectivity index (χ0) is 14.3. The van der Waals surface area contributed by atoms with Crippen LogP contribution in [0.3, 0.4) is 0 Å². The summed E-state index contributed by atoms with van der Waals surface area (Å²) in [6, 6.07) is 0. The van der Waals surface area contributed by atoms with Gasteiger partial charge in [0.1, 0.15) is 5.78 Å². The first kappa shape index (κ1) is 14.6. The Bertz CT molecular complexity index is 419. The number of rotatable bonds is 3. The maximum Gasteiger partial charge on any atom is 0.129 e. The molecule has 2 aliphatic carbocycles. The highest BCUT2D eigenvalue weighted by molar-refractivity contribution is 5.75. The lowest BCUT2D eigenvalue weighted by molar-refractivity contribution is -0.119. The standard InChI is InChI=1S/C18H28O/c1-13-7-6-8-16-17(13,4)11-9-14(2)18(16,5)12-10-15(3)19/h6-7,14,16H,1,8-12H2,2-5H3/t14-,16-,17+,18+/m1/s1. The first-order chi connectivity index (χ1) is 8.80. The lowest BCUT2D eigenvalue weighted by atomic mass is 9.47. The van der Waals surface area contributed by atoms with E-state index in [1.54, 1.807) is 6.92 Å². The van der Waals surface area contributed by atoms with Gasteiger partial charge in [0.2, 0.25) is 0 Å². The zero-order valence-electron chi connectivity index (χ0n) is 13.0. The Labute approximate surface area is 118 Å². The fourth-order valence-corrected chi connectivity index (χ4v) is 4.41. The molecule has 4 atom stereocenters. The van der Waals surface area contributed by atoms with Gasteiger partial charge in [0, 0.05) is 6.42 Å². The predicted molar refractivity (Wildman–Crippen MR) is 80.9 cm³/mol. The molecule has 0 spiro atoms. The van der Waals surface area contributed by atoms with Gasteiger partial charge >= 0.3 is 0 Å². The quantitative estimate of drug-likeness (QED) is 0.703. The number of carbonyl (C=O) groups is 1. The third-order valence-electron chi connectivity index (χ3n) is 6.23. The molecule has 2 aliphatic rings. The average molecular weight is 260 g/mol. The van der Waals surface area contributed by atoms with Crippen molar-refractivity contribution in [2.24, 2.45) is 22.7 Å². The molecule has 0 N–H and O–H groups in total. The summed E-state index contributed by atoms with van der Waals surface area (Å²) in [5, 5.41) is 0. The second-order valence-electron chi connectivity index (χ2n) is 7.28. The van der Waals surface area contributed by atoms with Gasteiger partial charge in [-0.1, -0.05) is 39.5 Å². The van der Waals surface area contributed by atoms with Gasteiger partial charge < -0.3 is 4.79 Å². The average Bonchev–Trinajstić information content (AvgIpc) is 2.35. The Morgan fingerprint density at radius 3 is 2.79 bits per heavy atom. The van der Waals surface area contributed by atoms with Crippen molar-refractivity contribution in [3.63, 3.8) is 0 Å². The molecular weight excluding hydrogens is 232 g/mol. The van der Waals surface area contributed by atoms with Crippen LogP contribution in [-0.2, 0) is 4.79 Å². The maximum absolute atomic E-state index is 11.4. The van der Waals surface area contributed by atoms with Gasteiger partial charge in [0.15, 0.2) is 0 Å². The van der Waals surface area contributed by atoms with E-state index in [9.17, 15) is 4.79 Å². The van der Waals surface area contributed by atoms with Crippen LogP contribution < -0.4 is 0 Å². The molecule has 106 valence electrons. The molecule has 1 fully saturated rings. The number of fused-ring (bicyclic) bond motifs is 1. The molecule has 1 heteroatoms. The van der Waals surface area contributed by atoms with E-state index < -0.39 is 0 Å².